The van der Waals surface area contributed by atoms with E-state index in [4.69, 9.17) is 9.84 Å². The summed E-state index contributed by atoms with van der Waals surface area (Å²) in [5.74, 6) is -0.304. The third-order valence-corrected chi connectivity index (χ3v) is 3.86. The minimum absolute atomic E-state index is 0.330. The SMILES string of the molecule is O=C(O)CC1CCCN(CCC2CCCO2)C1. The minimum atomic E-state index is -0.657. The van der Waals surface area contributed by atoms with Crippen LogP contribution >= 0.6 is 0 Å². The molecule has 98 valence electrons. The molecule has 2 rings (SSSR count). The Morgan fingerprint density at radius 1 is 1.35 bits per heavy atom. The summed E-state index contributed by atoms with van der Waals surface area (Å²) in [5, 5.41) is 8.82. The van der Waals surface area contributed by atoms with Crippen molar-refractivity contribution in [2.45, 2.75) is 44.6 Å². The molecule has 2 fully saturated rings. The normalized spacial score (nSPS) is 30.6. The zero-order valence-electron chi connectivity index (χ0n) is 10.4. The van der Waals surface area contributed by atoms with Gasteiger partial charge in [0.1, 0.15) is 0 Å². The number of nitrogens with zero attached hydrogens (tertiary/aromatic N) is 1. The van der Waals surface area contributed by atoms with Gasteiger partial charge in [-0.25, -0.2) is 0 Å². The predicted octanol–water partition coefficient (Wildman–Crippen LogP) is 1.74. The lowest BCUT2D eigenvalue weighted by atomic mass is 9.94. The van der Waals surface area contributed by atoms with Crippen LogP contribution in [0, 0.1) is 5.92 Å². The van der Waals surface area contributed by atoms with Gasteiger partial charge in [-0.05, 0) is 44.6 Å². The van der Waals surface area contributed by atoms with Crippen LogP contribution in [0.3, 0.4) is 0 Å². The number of hydrogen-bond donors (Lipinski definition) is 1. The van der Waals surface area contributed by atoms with E-state index < -0.39 is 5.97 Å². The molecule has 0 aromatic rings. The molecule has 0 spiro atoms. The fraction of sp³-hybridized carbons (Fsp3) is 0.923. The summed E-state index contributed by atoms with van der Waals surface area (Å²) in [4.78, 5) is 13.1. The Labute approximate surface area is 103 Å². The second kappa shape index (κ2) is 6.36. The first-order valence-corrected chi connectivity index (χ1v) is 6.80. The van der Waals surface area contributed by atoms with Gasteiger partial charge in [-0.3, -0.25) is 4.79 Å². The number of piperidine rings is 1. The summed E-state index contributed by atoms with van der Waals surface area (Å²) >= 11 is 0. The van der Waals surface area contributed by atoms with Crippen molar-refractivity contribution >= 4 is 5.97 Å². The molecule has 2 unspecified atom stereocenters. The molecule has 0 saturated carbocycles. The zero-order valence-corrected chi connectivity index (χ0v) is 10.4. The summed E-state index contributed by atoms with van der Waals surface area (Å²) in [6, 6.07) is 0. The number of rotatable bonds is 5. The standard InChI is InChI=1S/C13H23NO3/c15-13(16)9-11-3-1-6-14(10-11)7-5-12-4-2-8-17-12/h11-12H,1-10H2,(H,15,16). The lowest BCUT2D eigenvalue weighted by Crippen LogP contribution is -2.37. The Morgan fingerprint density at radius 2 is 2.24 bits per heavy atom. The second-order valence-corrected chi connectivity index (χ2v) is 5.33. The monoisotopic (exact) mass is 241 g/mol. The molecule has 0 aromatic heterocycles. The average Bonchev–Trinajstić information content (AvgIpc) is 2.79. The molecule has 2 aliphatic rings. The van der Waals surface area contributed by atoms with Crippen LogP contribution in [0.4, 0.5) is 0 Å². The maximum absolute atomic E-state index is 10.7. The lowest BCUT2D eigenvalue weighted by molar-refractivity contribution is -0.138. The smallest absolute Gasteiger partial charge is 0.303 e. The van der Waals surface area contributed by atoms with Crippen LogP contribution in [0.1, 0.15) is 38.5 Å². The van der Waals surface area contributed by atoms with Crippen LogP contribution in [-0.4, -0.2) is 48.3 Å². The highest BCUT2D eigenvalue weighted by atomic mass is 16.5. The largest absolute Gasteiger partial charge is 0.481 e. The maximum atomic E-state index is 10.7. The first-order chi connectivity index (χ1) is 8.24. The van der Waals surface area contributed by atoms with Gasteiger partial charge in [0.15, 0.2) is 0 Å². The highest BCUT2D eigenvalue weighted by Gasteiger charge is 2.23. The van der Waals surface area contributed by atoms with Gasteiger partial charge in [0.25, 0.3) is 0 Å². The van der Waals surface area contributed by atoms with Crippen molar-refractivity contribution in [2.24, 2.45) is 5.92 Å². The predicted molar refractivity (Wildman–Crippen MR) is 65.0 cm³/mol. The van der Waals surface area contributed by atoms with E-state index in [9.17, 15) is 4.79 Å². The number of carbonyl (C=O) groups is 1. The van der Waals surface area contributed by atoms with Gasteiger partial charge >= 0.3 is 5.97 Å². The highest BCUT2D eigenvalue weighted by Crippen LogP contribution is 2.21. The highest BCUT2D eigenvalue weighted by molar-refractivity contribution is 5.67. The zero-order chi connectivity index (χ0) is 12.1. The molecule has 0 amide bonds. The topological polar surface area (TPSA) is 49.8 Å². The van der Waals surface area contributed by atoms with Crippen LogP contribution in [0.2, 0.25) is 0 Å². The Kier molecular flexibility index (Phi) is 4.80. The van der Waals surface area contributed by atoms with Gasteiger partial charge in [0.05, 0.1) is 6.10 Å². The lowest BCUT2D eigenvalue weighted by Gasteiger charge is -2.32. The molecule has 2 heterocycles. The van der Waals surface area contributed by atoms with Gasteiger partial charge in [0, 0.05) is 26.1 Å². The molecule has 17 heavy (non-hydrogen) atoms. The Morgan fingerprint density at radius 3 is 2.94 bits per heavy atom. The molecule has 2 saturated heterocycles. The molecular weight excluding hydrogens is 218 g/mol. The number of likely N-dealkylation sites (tertiary alicyclic amines) is 1. The van der Waals surface area contributed by atoms with Crippen molar-refractivity contribution in [3.8, 4) is 0 Å². The van der Waals surface area contributed by atoms with Crippen molar-refractivity contribution in [3.05, 3.63) is 0 Å². The van der Waals surface area contributed by atoms with Crippen LogP contribution in [0.15, 0.2) is 0 Å². The fourth-order valence-electron chi connectivity index (χ4n) is 2.97. The minimum Gasteiger partial charge on any atom is -0.481 e. The number of aliphatic carboxylic acids is 1. The summed E-state index contributed by atoms with van der Waals surface area (Å²) < 4.78 is 5.61. The van der Waals surface area contributed by atoms with Crippen LogP contribution < -0.4 is 0 Å². The molecule has 1 N–H and O–H groups in total. The third-order valence-electron chi connectivity index (χ3n) is 3.86. The number of hydrogen-bond acceptors (Lipinski definition) is 3. The second-order valence-electron chi connectivity index (χ2n) is 5.33. The van der Waals surface area contributed by atoms with E-state index in [1.54, 1.807) is 0 Å². The van der Waals surface area contributed by atoms with Gasteiger partial charge in [-0.2, -0.15) is 0 Å². The molecule has 2 aliphatic heterocycles. The first-order valence-electron chi connectivity index (χ1n) is 6.80. The van der Waals surface area contributed by atoms with Gasteiger partial charge < -0.3 is 14.7 Å². The van der Waals surface area contributed by atoms with Crippen molar-refractivity contribution in [2.75, 3.05) is 26.2 Å². The molecule has 4 heteroatoms. The average molecular weight is 241 g/mol. The maximum Gasteiger partial charge on any atom is 0.303 e. The summed E-state index contributed by atoms with van der Waals surface area (Å²) in [6.07, 6.45) is 6.51. The Bertz CT molecular complexity index is 251. The van der Waals surface area contributed by atoms with Crippen molar-refractivity contribution in [3.63, 3.8) is 0 Å². The van der Waals surface area contributed by atoms with Crippen molar-refractivity contribution in [1.29, 1.82) is 0 Å². The van der Waals surface area contributed by atoms with E-state index in [2.05, 4.69) is 4.90 Å². The van der Waals surface area contributed by atoms with E-state index in [1.165, 1.54) is 12.8 Å². The quantitative estimate of drug-likeness (QED) is 0.796. The van der Waals surface area contributed by atoms with Gasteiger partial charge in [0.2, 0.25) is 0 Å². The number of carboxylic acids is 1. The van der Waals surface area contributed by atoms with Crippen LogP contribution in [0.5, 0.6) is 0 Å². The first kappa shape index (κ1) is 12.8. The Hall–Kier alpha value is -0.610. The summed E-state index contributed by atoms with van der Waals surface area (Å²) in [5.41, 5.74) is 0. The van der Waals surface area contributed by atoms with Crippen molar-refractivity contribution in [1.82, 2.24) is 4.90 Å². The van der Waals surface area contributed by atoms with E-state index in [0.717, 1.165) is 45.5 Å². The molecule has 0 bridgehead atoms. The third kappa shape index (κ3) is 4.28. The fourth-order valence-corrected chi connectivity index (χ4v) is 2.97. The molecule has 0 aliphatic carbocycles. The van der Waals surface area contributed by atoms with E-state index in [-0.39, 0.29) is 0 Å². The molecule has 4 nitrogen and oxygen atoms in total. The van der Waals surface area contributed by atoms with Crippen LogP contribution in [0.25, 0.3) is 0 Å². The van der Waals surface area contributed by atoms with Gasteiger partial charge in [-0.1, -0.05) is 0 Å². The Balaban J connectivity index is 1.67. The molecule has 2 atom stereocenters. The molecule has 0 aromatic carbocycles. The van der Waals surface area contributed by atoms with E-state index in [1.807, 2.05) is 0 Å². The molecular formula is C13H23NO3. The number of carboxylic acid groups (broad SMARTS) is 1. The van der Waals surface area contributed by atoms with Gasteiger partial charge in [-0.15, -0.1) is 0 Å². The number of ether oxygens (including phenoxy) is 1. The summed E-state index contributed by atoms with van der Waals surface area (Å²) in [7, 11) is 0. The van der Waals surface area contributed by atoms with Crippen LogP contribution in [-0.2, 0) is 9.53 Å². The summed E-state index contributed by atoms with van der Waals surface area (Å²) in [6.45, 7) is 4.08. The molecule has 0 radical (unpaired) electrons. The van der Waals surface area contributed by atoms with E-state index >= 15 is 0 Å². The van der Waals surface area contributed by atoms with E-state index in [0.29, 0.717) is 18.4 Å². The van der Waals surface area contributed by atoms with Crippen molar-refractivity contribution < 1.29 is 14.6 Å².